The number of hydrogen-bond donors (Lipinski definition) is 1. The van der Waals surface area contributed by atoms with E-state index in [-0.39, 0.29) is 25.2 Å². The molecular formula is C10H14O5. The Balaban J connectivity index is 2.68. The van der Waals surface area contributed by atoms with Crippen LogP contribution in [0.4, 0.5) is 0 Å². The first-order valence-corrected chi connectivity index (χ1v) is 4.97. The van der Waals surface area contributed by atoms with Gasteiger partial charge in [0.1, 0.15) is 11.7 Å². The molecule has 0 aromatic rings. The maximum Gasteiger partial charge on any atom is 0.316 e. The third-order valence-corrected chi connectivity index (χ3v) is 2.56. The van der Waals surface area contributed by atoms with E-state index in [4.69, 9.17) is 9.84 Å². The molecule has 0 aliphatic heterocycles. The van der Waals surface area contributed by atoms with Gasteiger partial charge in [-0.2, -0.15) is 0 Å². The second kappa shape index (κ2) is 4.91. The van der Waals surface area contributed by atoms with E-state index in [1.165, 1.54) is 0 Å². The first kappa shape index (κ1) is 11.7. The largest absolute Gasteiger partial charge is 0.481 e. The molecule has 1 aliphatic carbocycles. The molecule has 1 fully saturated rings. The SMILES string of the molecule is CCOC(=O)C1C(=O)CCC1CC(=O)O. The predicted molar refractivity (Wildman–Crippen MR) is 50.1 cm³/mol. The van der Waals surface area contributed by atoms with E-state index in [0.29, 0.717) is 6.42 Å². The minimum Gasteiger partial charge on any atom is -0.481 e. The normalized spacial score (nSPS) is 25.3. The van der Waals surface area contributed by atoms with Crippen molar-refractivity contribution in [2.75, 3.05) is 6.61 Å². The van der Waals surface area contributed by atoms with Crippen LogP contribution >= 0.6 is 0 Å². The fourth-order valence-corrected chi connectivity index (χ4v) is 1.91. The fourth-order valence-electron chi connectivity index (χ4n) is 1.91. The van der Waals surface area contributed by atoms with Crippen LogP contribution in [-0.2, 0) is 19.1 Å². The summed E-state index contributed by atoms with van der Waals surface area (Å²) in [4.78, 5) is 33.3. The van der Waals surface area contributed by atoms with Crippen molar-refractivity contribution < 1.29 is 24.2 Å². The molecule has 2 unspecified atom stereocenters. The van der Waals surface area contributed by atoms with Crippen LogP contribution in [0.1, 0.15) is 26.2 Å². The van der Waals surface area contributed by atoms with E-state index in [9.17, 15) is 14.4 Å². The van der Waals surface area contributed by atoms with Crippen molar-refractivity contribution in [2.45, 2.75) is 26.2 Å². The van der Waals surface area contributed by atoms with E-state index in [1.807, 2.05) is 0 Å². The highest BCUT2D eigenvalue weighted by Crippen LogP contribution is 2.32. The number of carboxylic acid groups (broad SMARTS) is 1. The molecule has 84 valence electrons. The first-order valence-electron chi connectivity index (χ1n) is 4.97. The molecule has 2 atom stereocenters. The summed E-state index contributed by atoms with van der Waals surface area (Å²) in [5.74, 6) is -3.01. The Hall–Kier alpha value is -1.39. The van der Waals surface area contributed by atoms with Gasteiger partial charge in [0.2, 0.25) is 0 Å². The van der Waals surface area contributed by atoms with Gasteiger partial charge in [0.05, 0.1) is 6.61 Å². The molecular weight excluding hydrogens is 200 g/mol. The highest BCUT2D eigenvalue weighted by molar-refractivity contribution is 6.01. The molecule has 5 nitrogen and oxygen atoms in total. The van der Waals surface area contributed by atoms with Crippen molar-refractivity contribution >= 4 is 17.7 Å². The lowest BCUT2D eigenvalue weighted by Gasteiger charge is -2.14. The molecule has 0 heterocycles. The zero-order valence-electron chi connectivity index (χ0n) is 8.56. The molecule has 0 aromatic heterocycles. The van der Waals surface area contributed by atoms with Crippen LogP contribution in [-0.4, -0.2) is 29.4 Å². The van der Waals surface area contributed by atoms with Crippen molar-refractivity contribution in [3.63, 3.8) is 0 Å². The molecule has 1 aliphatic rings. The molecule has 1 N–H and O–H groups in total. The molecule has 0 spiro atoms. The van der Waals surface area contributed by atoms with Crippen molar-refractivity contribution in [1.29, 1.82) is 0 Å². The van der Waals surface area contributed by atoms with E-state index < -0.39 is 23.8 Å². The van der Waals surface area contributed by atoms with Crippen LogP contribution in [0.5, 0.6) is 0 Å². The molecule has 0 amide bonds. The topological polar surface area (TPSA) is 80.7 Å². The average molecular weight is 214 g/mol. The smallest absolute Gasteiger partial charge is 0.316 e. The molecule has 1 saturated carbocycles. The summed E-state index contributed by atoms with van der Waals surface area (Å²) in [7, 11) is 0. The Morgan fingerprint density at radius 2 is 2.20 bits per heavy atom. The van der Waals surface area contributed by atoms with Gasteiger partial charge >= 0.3 is 11.9 Å². The maximum absolute atomic E-state index is 11.4. The van der Waals surface area contributed by atoms with Gasteiger partial charge in [-0.15, -0.1) is 0 Å². The van der Waals surface area contributed by atoms with Crippen LogP contribution in [0.15, 0.2) is 0 Å². The Kier molecular flexibility index (Phi) is 3.82. The van der Waals surface area contributed by atoms with Gasteiger partial charge in [0, 0.05) is 12.8 Å². The number of ketones is 1. The first-order chi connectivity index (χ1) is 7.06. The number of hydrogen-bond acceptors (Lipinski definition) is 4. The fraction of sp³-hybridized carbons (Fsp3) is 0.700. The number of carboxylic acids is 1. The summed E-state index contributed by atoms with van der Waals surface area (Å²) in [5.41, 5.74) is 0. The maximum atomic E-state index is 11.4. The second-order valence-corrected chi connectivity index (χ2v) is 3.59. The van der Waals surface area contributed by atoms with Crippen LogP contribution in [0.3, 0.4) is 0 Å². The van der Waals surface area contributed by atoms with E-state index >= 15 is 0 Å². The molecule has 0 bridgehead atoms. The number of rotatable bonds is 4. The Bertz CT molecular complexity index is 284. The summed E-state index contributed by atoms with van der Waals surface area (Å²) >= 11 is 0. The summed E-state index contributed by atoms with van der Waals surface area (Å²) in [6.45, 7) is 1.87. The van der Waals surface area contributed by atoms with Crippen molar-refractivity contribution in [1.82, 2.24) is 0 Å². The second-order valence-electron chi connectivity index (χ2n) is 3.59. The Morgan fingerprint density at radius 3 is 2.73 bits per heavy atom. The van der Waals surface area contributed by atoms with Gasteiger partial charge < -0.3 is 9.84 Å². The number of esters is 1. The van der Waals surface area contributed by atoms with E-state index in [1.54, 1.807) is 6.92 Å². The van der Waals surface area contributed by atoms with Crippen molar-refractivity contribution in [2.24, 2.45) is 11.8 Å². The van der Waals surface area contributed by atoms with Gasteiger partial charge in [-0.05, 0) is 19.3 Å². The minimum atomic E-state index is -0.982. The van der Waals surface area contributed by atoms with Gasteiger partial charge in [0.25, 0.3) is 0 Å². The average Bonchev–Trinajstić information content (AvgIpc) is 2.46. The summed E-state index contributed by atoms with van der Waals surface area (Å²) < 4.78 is 4.76. The quantitative estimate of drug-likeness (QED) is 0.548. The lowest BCUT2D eigenvalue weighted by atomic mass is 9.92. The van der Waals surface area contributed by atoms with Gasteiger partial charge in [-0.3, -0.25) is 14.4 Å². The molecule has 1 rings (SSSR count). The lowest BCUT2D eigenvalue weighted by molar-refractivity contribution is -0.152. The molecule has 0 radical (unpaired) electrons. The third kappa shape index (κ3) is 2.78. The van der Waals surface area contributed by atoms with Gasteiger partial charge in [-0.1, -0.05) is 0 Å². The predicted octanol–water partition coefficient (Wildman–Crippen LogP) is 0.620. The van der Waals surface area contributed by atoms with Crippen LogP contribution in [0.2, 0.25) is 0 Å². The Labute approximate surface area is 87.4 Å². The highest BCUT2D eigenvalue weighted by atomic mass is 16.5. The molecule has 0 aromatic carbocycles. The number of carbonyl (C=O) groups is 3. The zero-order chi connectivity index (χ0) is 11.4. The Morgan fingerprint density at radius 1 is 1.53 bits per heavy atom. The lowest BCUT2D eigenvalue weighted by Crippen LogP contribution is -2.28. The van der Waals surface area contributed by atoms with Gasteiger partial charge in [0.15, 0.2) is 0 Å². The van der Waals surface area contributed by atoms with Crippen molar-refractivity contribution in [3.05, 3.63) is 0 Å². The third-order valence-electron chi connectivity index (χ3n) is 2.56. The van der Waals surface area contributed by atoms with Crippen molar-refractivity contribution in [3.8, 4) is 0 Å². The number of carbonyl (C=O) groups excluding carboxylic acids is 2. The zero-order valence-corrected chi connectivity index (χ0v) is 8.56. The van der Waals surface area contributed by atoms with Crippen LogP contribution in [0, 0.1) is 11.8 Å². The summed E-state index contributed by atoms with van der Waals surface area (Å²) in [6, 6.07) is 0. The minimum absolute atomic E-state index is 0.144. The number of Topliss-reactive ketones (excluding diaryl/α,β-unsaturated/α-hetero) is 1. The monoisotopic (exact) mass is 214 g/mol. The number of aliphatic carboxylic acids is 1. The molecule has 15 heavy (non-hydrogen) atoms. The van der Waals surface area contributed by atoms with Gasteiger partial charge in [-0.25, -0.2) is 0 Å². The van der Waals surface area contributed by atoms with Crippen LogP contribution < -0.4 is 0 Å². The summed E-state index contributed by atoms with van der Waals surface area (Å²) in [5, 5.41) is 8.63. The number of ether oxygens (including phenoxy) is 1. The van der Waals surface area contributed by atoms with E-state index in [2.05, 4.69) is 0 Å². The molecule has 0 saturated heterocycles. The van der Waals surface area contributed by atoms with E-state index in [0.717, 1.165) is 0 Å². The standard InChI is InChI=1S/C10H14O5/c1-2-15-10(14)9-6(5-8(12)13)3-4-7(9)11/h6,9H,2-5H2,1H3,(H,12,13). The van der Waals surface area contributed by atoms with Crippen LogP contribution in [0.25, 0.3) is 0 Å². The summed E-state index contributed by atoms with van der Waals surface area (Å²) in [6.07, 6.45) is 0.602. The highest BCUT2D eigenvalue weighted by Gasteiger charge is 2.41. The molecule has 5 heteroatoms.